The van der Waals surface area contributed by atoms with Gasteiger partial charge in [-0.3, -0.25) is 10.1 Å². The largest absolute Gasteiger partial charge is 0.295 e. The Morgan fingerprint density at radius 1 is 1.47 bits per heavy atom. The molecule has 0 radical (unpaired) electrons. The Kier molecular flexibility index (Phi) is 2.59. The first-order chi connectivity index (χ1) is 7.25. The van der Waals surface area contributed by atoms with E-state index >= 15 is 0 Å². The van der Waals surface area contributed by atoms with Crippen LogP contribution in [0.2, 0.25) is 0 Å². The van der Waals surface area contributed by atoms with Crippen molar-refractivity contribution in [2.24, 2.45) is 0 Å². The summed E-state index contributed by atoms with van der Waals surface area (Å²) in [6.07, 6.45) is 1.14. The highest BCUT2D eigenvalue weighted by atomic mass is 32.1. The van der Waals surface area contributed by atoms with E-state index in [-0.39, 0.29) is 10.7 Å². The average molecular weight is 225 g/mol. The number of nitrogens with zero attached hydrogens (tertiary/aromatic N) is 4. The average Bonchev–Trinajstić information content (AvgIpc) is 2.71. The van der Waals surface area contributed by atoms with Crippen LogP contribution in [0.5, 0.6) is 0 Å². The van der Waals surface area contributed by atoms with Gasteiger partial charge in [-0.15, -0.1) is 0 Å². The van der Waals surface area contributed by atoms with Crippen molar-refractivity contribution < 1.29 is 9.18 Å². The fourth-order valence-corrected chi connectivity index (χ4v) is 1.22. The minimum absolute atomic E-state index is 0.242. The van der Waals surface area contributed by atoms with E-state index in [4.69, 9.17) is 0 Å². The molecule has 76 valence electrons. The van der Waals surface area contributed by atoms with E-state index in [0.29, 0.717) is 0 Å². The Hall–Kier alpha value is -1.96. The number of hydrogen-bond donors (Lipinski definition) is 1. The fraction of sp³-hybridized carbons (Fsp3) is 0. The molecular formula is C7H4FN5OS. The second kappa shape index (κ2) is 4.05. The van der Waals surface area contributed by atoms with Crippen molar-refractivity contribution >= 4 is 22.6 Å². The van der Waals surface area contributed by atoms with E-state index < -0.39 is 11.9 Å². The van der Waals surface area contributed by atoms with Gasteiger partial charge >= 0.3 is 0 Å². The topological polar surface area (TPSA) is 80.7 Å². The maximum atomic E-state index is 12.5. The number of halogens is 1. The number of pyridine rings is 1. The summed E-state index contributed by atoms with van der Waals surface area (Å²) in [4.78, 5) is 14.8. The Bertz CT molecular complexity index is 457. The number of rotatable bonds is 2. The first-order valence-corrected chi connectivity index (χ1v) is 4.61. The summed E-state index contributed by atoms with van der Waals surface area (Å²) in [7, 11) is 0. The quantitative estimate of drug-likeness (QED) is 0.761. The highest BCUT2D eigenvalue weighted by Gasteiger charge is 2.08. The van der Waals surface area contributed by atoms with Gasteiger partial charge < -0.3 is 0 Å². The number of carbonyl (C=O) groups excluding carboxylic acids is 1. The molecule has 0 saturated heterocycles. The number of amides is 1. The van der Waals surface area contributed by atoms with Crippen LogP contribution in [0.1, 0.15) is 10.4 Å². The minimum atomic E-state index is -0.635. The van der Waals surface area contributed by atoms with Gasteiger partial charge in [0.2, 0.25) is 11.1 Å². The van der Waals surface area contributed by atoms with Gasteiger partial charge in [0.15, 0.2) is 0 Å². The van der Waals surface area contributed by atoms with Gasteiger partial charge in [-0.2, -0.15) is 4.39 Å². The van der Waals surface area contributed by atoms with Gasteiger partial charge in [0.05, 0.1) is 5.56 Å². The number of anilines is 1. The zero-order chi connectivity index (χ0) is 10.7. The van der Waals surface area contributed by atoms with Crippen LogP contribution in [-0.4, -0.2) is 25.7 Å². The highest BCUT2D eigenvalue weighted by Crippen LogP contribution is 2.07. The van der Waals surface area contributed by atoms with Crippen molar-refractivity contribution in [2.45, 2.75) is 0 Å². The molecule has 0 saturated carbocycles. The molecule has 8 heteroatoms. The Morgan fingerprint density at radius 2 is 2.33 bits per heavy atom. The zero-order valence-corrected chi connectivity index (χ0v) is 8.03. The van der Waals surface area contributed by atoms with E-state index in [9.17, 15) is 9.18 Å². The van der Waals surface area contributed by atoms with Crippen LogP contribution in [0.4, 0.5) is 9.52 Å². The molecule has 0 spiro atoms. The summed E-state index contributed by atoms with van der Waals surface area (Å²) in [6.45, 7) is 0. The summed E-state index contributed by atoms with van der Waals surface area (Å²) in [5.74, 6) is -1.06. The molecule has 1 N–H and O–H groups in total. The summed E-state index contributed by atoms with van der Waals surface area (Å²) >= 11 is 0.950. The van der Waals surface area contributed by atoms with Gasteiger partial charge in [-0.05, 0) is 17.3 Å². The molecule has 0 bridgehead atoms. The van der Waals surface area contributed by atoms with Crippen molar-refractivity contribution in [1.29, 1.82) is 0 Å². The number of carbonyl (C=O) groups is 1. The lowest BCUT2D eigenvalue weighted by atomic mass is 10.3. The van der Waals surface area contributed by atoms with Gasteiger partial charge in [0, 0.05) is 17.7 Å². The summed E-state index contributed by atoms with van der Waals surface area (Å²) < 4.78 is 15.9. The van der Waals surface area contributed by atoms with Crippen LogP contribution >= 0.6 is 11.5 Å². The van der Waals surface area contributed by atoms with Crippen molar-refractivity contribution in [3.8, 4) is 0 Å². The second-order valence-corrected chi connectivity index (χ2v) is 3.22. The number of nitrogens with one attached hydrogen (secondary N) is 1. The first kappa shape index (κ1) is 9.59. The van der Waals surface area contributed by atoms with Gasteiger partial charge in [0.1, 0.15) is 0 Å². The van der Waals surface area contributed by atoms with E-state index in [0.717, 1.165) is 23.8 Å². The molecule has 0 aliphatic heterocycles. The number of hydrogen-bond acceptors (Lipinski definition) is 6. The summed E-state index contributed by atoms with van der Waals surface area (Å²) in [5, 5.41) is 9.56. The maximum Gasteiger partial charge on any atom is 0.259 e. The van der Waals surface area contributed by atoms with Crippen molar-refractivity contribution in [1.82, 2.24) is 19.8 Å². The van der Waals surface area contributed by atoms with E-state index in [1.807, 2.05) is 0 Å². The molecule has 0 aliphatic rings. The lowest BCUT2D eigenvalue weighted by Crippen LogP contribution is -2.12. The molecule has 1 amide bonds. The third kappa shape index (κ3) is 2.29. The third-order valence-electron chi connectivity index (χ3n) is 1.51. The van der Waals surface area contributed by atoms with E-state index in [2.05, 4.69) is 25.1 Å². The van der Waals surface area contributed by atoms with Crippen molar-refractivity contribution in [3.05, 3.63) is 29.8 Å². The molecule has 15 heavy (non-hydrogen) atoms. The van der Waals surface area contributed by atoms with E-state index in [1.165, 1.54) is 6.07 Å². The lowest BCUT2D eigenvalue weighted by Gasteiger charge is -1.98. The normalized spacial score (nSPS) is 9.93. The van der Waals surface area contributed by atoms with Crippen molar-refractivity contribution in [3.63, 3.8) is 0 Å². The predicted molar refractivity (Wildman–Crippen MR) is 49.9 cm³/mol. The molecule has 0 unspecified atom stereocenters. The van der Waals surface area contributed by atoms with E-state index in [1.54, 1.807) is 0 Å². The summed E-state index contributed by atoms with van der Waals surface area (Å²) in [6, 6.07) is 2.43. The molecule has 2 heterocycles. The number of aromatic nitrogens is 4. The lowest BCUT2D eigenvalue weighted by molar-refractivity contribution is 0.102. The molecule has 0 atom stereocenters. The molecule has 0 aliphatic carbocycles. The monoisotopic (exact) mass is 225 g/mol. The Labute approximate surface area is 87.3 Å². The minimum Gasteiger partial charge on any atom is -0.295 e. The standard InChI is InChI=1S/C7H4FN5OS/c8-5-2-1-4(3-9-5)6(14)10-7-11-12-13-15-7/h1-3H,(H,10,11,13,14). The molecule has 2 aromatic heterocycles. The summed E-state index contributed by atoms with van der Waals surface area (Å²) in [5.41, 5.74) is 0.242. The van der Waals surface area contributed by atoms with Crippen LogP contribution in [0.25, 0.3) is 0 Å². The van der Waals surface area contributed by atoms with Crippen molar-refractivity contribution in [2.75, 3.05) is 5.32 Å². The predicted octanol–water partition coefficient (Wildman–Crippen LogP) is 0.719. The highest BCUT2D eigenvalue weighted by molar-refractivity contribution is 7.09. The van der Waals surface area contributed by atoms with Crippen LogP contribution in [0.3, 0.4) is 0 Å². The molecule has 2 rings (SSSR count). The Balaban J connectivity index is 2.11. The fourth-order valence-electron chi connectivity index (χ4n) is 0.861. The smallest absolute Gasteiger partial charge is 0.259 e. The van der Waals surface area contributed by atoms with Gasteiger partial charge in [-0.25, -0.2) is 4.98 Å². The Morgan fingerprint density at radius 3 is 2.93 bits per heavy atom. The van der Waals surface area contributed by atoms with Crippen LogP contribution < -0.4 is 5.32 Å². The molecule has 2 aromatic rings. The SMILES string of the molecule is O=C(Nc1nnns1)c1ccc(F)nc1. The molecule has 0 fully saturated rings. The molecule has 0 aromatic carbocycles. The van der Waals surface area contributed by atoms with Crippen LogP contribution in [0.15, 0.2) is 18.3 Å². The third-order valence-corrected chi connectivity index (χ3v) is 2.02. The first-order valence-electron chi connectivity index (χ1n) is 3.83. The second-order valence-electron chi connectivity index (χ2n) is 2.49. The molecule has 6 nitrogen and oxygen atoms in total. The van der Waals surface area contributed by atoms with Gasteiger partial charge in [-0.1, -0.05) is 9.59 Å². The maximum absolute atomic E-state index is 12.5. The van der Waals surface area contributed by atoms with Gasteiger partial charge in [0.25, 0.3) is 5.91 Å². The molecular weight excluding hydrogens is 221 g/mol. The van der Waals surface area contributed by atoms with Crippen LogP contribution in [-0.2, 0) is 0 Å². The van der Waals surface area contributed by atoms with Crippen LogP contribution in [0, 0.1) is 5.95 Å². The zero-order valence-electron chi connectivity index (χ0n) is 7.22.